The molecule has 0 bridgehead atoms. The molecule has 0 saturated carbocycles. The molecule has 0 aromatic rings. The minimum Gasteiger partial charge on any atom is -0.0850 e. The number of hydrogen-bond acceptors (Lipinski definition) is 0. The highest BCUT2D eigenvalue weighted by Gasteiger charge is 1.86. The van der Waals surface area contributed by atoms with Crippen LogP contribution in [0.1, 0.15) is 6.92 Å². The van der Waals surface area contributed by atoms with Crippen molar-refractivity contribution < 1.29 is 0 Å². The van der Waals surface area contributed by atoms with E-state index in [1.165, 1.54) is 0 Å². The molecule has 0 fully saturated rings. The van der Waals surface area contributed by atoms with Crippen molar-refractivity contribution in [3.8, 4) is 0 Å². The Hall–Kier alpha value is 0.470. The first kappa shape index (κ1) is 10.5. The Morgan fingerprint density at radius 1 is 1.40 bits per heavy atom. The van der Waals surface area contributed by atoms with E-state index in [0.717, 1.165) is 8.96 Å². The molecule has 0 nitrogen and oxygen atoms in total. The quantitative estimate of drug-likeness (QED) is 0.663. The summed E-state index contributed by atoms with van der Waals surface area (Å²) in [7, 11) is 0. The van der Waals surface area contributed by atoms with Gasteiger partial charge in [-0.2, -0.15) is 0 Å². The van der Waals surface area contributed by atoms with E-state index >= 15 is 0 Å². The third-order valence-corrected chi connectivity index (χ3v) is 1.43. The average Bonchev–Trinajstić information content (AvgIpc) is 1.58. The van der Waals surface area contributed by atoms with Gasteiger partial charge in [-0.15, -0.1) is 0 Å². The van der Waals surface area contributed by atoms with Gasteiger partial charge in [0.15, 0.2) is 0 Å². The minimum atomic E-state index is 0.511. The fraction of sp³-hybridized carbons (Fsp3) is 0.143. The number of allylic oxidation sites excluding steroid dienone is 5. The zero-order valence-electron chi connectivity index (χ0n) is 5.50. The van der Waals surface area contributed by atoms with Crippen LogP contribution in [0.2, 0.25) is 0 Å². The predicted molar refractivity (Wildman–Crippen MR) is 54.7 cm³/mol. The first-order chi connectivity index (χ1) is 4.52. The smallest absolute Gasteiger partial charge is 0.0345 e. The predicted octanol–water partition coefficient (Wildman–Crippen LogP) is 4.32. The second-order valence-corrected chi connectivity index (χ2v) is 4.36. The van der Waals surface area contributed by atoms with E-state index in [-0.39, 0.29) is 0 Å². The van der Waals surface area contributed by atoms with Crippen molar-refractivity contribution in [3.63, 3.8) is 0 Å². The largest absolute Gasteiger partial charge is 0.0850 e. The van der Waals surface area contributed by atoms with Gasteiger partial charge < -0.3 is 0 Å². The van der Waals surface area contributed by atoms with Crippen LogP contribution in [0.3, 0.4) is 0 Å². The number of halogens is 3. The molecule has 0 heterocycles. The lowest BCUT2D eigenvalue weighted by Crippen LogP contribution is -1.64. The van der Waals surface area contributed by atoms with Crippen molar-refractivity contribution in [3.05, 3.63) is 32.7 Å². The van der Waals surface area contributed by atoms with Crippen LogP contribution in [0, 0.1) is 0 Å². The maximum atomic E-state index is 5.51. The summed E-state index contributed by atoms with van der Waals surface area (Å²) >= 11 is 12.1. The van der Waals surface area contributed by atoms with Gasteiger partial charge in [0.05, 0.1) is 0 Å². The second-order valence-electron chi connectivity index (χ2n) is 1.71. The van der Waals surface area contributed by atoms with Crippen molar-refractivity contribution in [2.75, 3.05) is 0 Å². The highest BCUT2D eigenvalue weighted by molar-refractivity contribution is 9.12. The lowest BCUT2D eigenvalue weighted by Gasteiger charge is -1.88. The van der Waals surface area contributed by atoms with Crippen molar-refractivity contribution >= 4 is 43.5 Å². The Balaban J connectivity index is 4.22. The second kappa shape index (κ2) is 5.16. The molecule has 0 aromatic carbocycles. The summed E-state index contributed by atoms with van der Waals surface area (Å²) in [4.78, 5) is 0. The van der Waals surface area contributed by atoms with E-state index in [1.807, 2.05) is 13.0 Å². The first-order valence-electron chi connectivity index (χ1n) is 2.58. The van der Waals surface area contributed by atoms with Crippen LogP contribution in [0.4, 0.5) is 0 Å². The van der Waals surface area contributed by atoms with E-state index in [0.29, 0.717) is 5.03 Å². The van der Waals surface area contributed by atoms with E-state index in [4.69, 9.17) is 11.6 Å². The first-order valence-corrected chi connectivity index (χ1v) is 4.54. The molecule has 0 radical (unpaired) electrons. The molecule has 10 heavy (non-hydrogen) atoms. The Morgan fingerprint density at radius 3 is 2.20 bits per heavy atom. The minimum absolute atomic E-state index is 0.511. The summed E-state index contributed by atoms with van der Waals surface area (Å²) in [6.45, 7) is 5.45. The Kier molecular flexibility index (Phi) is 5.41. The van der Waals surface area contributed by atoms with Gasteiger partial charge in [-0.05, 0) is 23.6 Å². The third-order valence-electron chi connectivity index (χ3n) is 0.631. The molecular weight excluding hydrogens is 279 g/mol. The molecule has 0 atom stereocenters. The van der Waals surface area contributed by atoms with E-state index in [2.05, 4.69) is 38.4 Å². The molecule has 0 aliphatic carbocycles. The highest BCUT2D eigenvalue weighted by Crippen LogP contribution is 2.16. The lowest BCUT2D eigenvalue weighted by molar-refractivity contribution is 1.68. The maximum Gasteiger partial charge on any atom is 0.0345 e. The summed E-state index contributed by atoms with van der Waals surface area (Å²) < 4.78 is 1.94. The van der Waals surface area contributed by atoms with Crippen molar-refractivity contribution in [2.45, 2.75) is 6.92 Å². The molecule has 0 unspecified atom stereocenters. The maximum absolute atomic E-state index is 5.51. The molecule has 0 aromatic heterocycles. The Morgan fingerprint density at radius 2 is 1.90 bits per heavy atom. The van der Waals surface area contributed by atoms with Crippen LogP contribution in [-0.2, 0) is 0 Å². The van der Waals surface area contributed by atoms with Crippen molar-refractivity contribution in [2.24, 2.45) is 0 Å². The third kappa shape index (κ3) is 6.59. The van der Waals surface area contributed by atoms with Crippen molar-refractivity contribution in [1.29, 1.82) is 0 Å². The number of hydrogen-bond donors (Lipinski definition) is 0. The molecule has 0 amide bonds. The van der Waals surface area contributed by atoms with E-state index < -0.39 is 0 Å². The van der Waals surface area contributed by atoms with Crippen LogP contribution in [0.15, 0.2) is 32.7 Å². The van der Waals surface area contributed by atoms with Crippen LogP contribution < -0.4 is 0 Å². The van der Waals surface area contributed by atoms with Crippen LogP contribution in [0.5, 0.6) is 0 Å². The zero-order chi connectivity index (χ0) is 8.15. The van der Waals surface area contributed by atoms with Crippen LogP contribution in [-0.4, -0.2) is 0 Å². The Labute approximate surface area is 82.9 Å². The monoisotopic (exact) mass is 284 g/mol. The van der Waals surface area contributed by atoms with Gasteiger partial charge in [0.1, 0.15) is 0 Å². The summed E-state index contributed by atoms with van der Waals surface area (Å²) in [5, 5.41) is 0.511. The standard InChI is InChI=1S/C7H7Br2Cl/c1-5(8)3-7(9)4-6(2)10/h3-4H,2H2,1H3/b5-3+,7-4+. The summed E-state index contributed by atoms with van der Waals surface area (Å²) in [5.41, 5.74) is 0. The SMILES string of the molecule is C=C(Cl)/C=C(Br)\C=C(/C)Br. The van der Waals surface area contributed by atoms with Gasteiger partial charge in [0.25, 0.3) is 0 Å². The topological polar surface area (TPSA) is 0 Å². The summed E-state index contributed by atoms with van der Waals surface area (Å²) in [5.74, 6) is 0. The average molecular weight is 286 g/mol. The van der Waals surface area contributed by atoms with Gasteiger partial charge >= 0.3 is 0 Å². The molecular formula is C7H7Br2Cl. The zero-order valence-corrected chi connectivity index (χ0v) is 9.42. The Bertz CT molecular complexity index is 188. The molecule has 0 N–H and O–H groups in total. The fourth-order valence-electron chi connectivity index (χ4n) is 0.381. The fourth-order valence-corrected chi connectivity index (χ4v) is 1.80. The molecule has 56 valence electrons. The van der Waals surface area contributed by atoms with Crippen LogP contribution in [0.25, 0.3) is 0 Å². The van der Waals surface area contributed by atoms with E-state index in [1.54, 1.807) is 6.08 Å². The molecule has 0 spiro atoms. The number of rotatable bonds is 2. The van der Waals surface area contributed by atoms with Gasteiger partial charge in [-0.1, -0.05) is 50.0 Å². The molecule has 0 saturated heterocycles. The van der Waals surface area contributed by atoms with Gasteiger partial charge in [0, 0.05) is 9.51 Å². The summed E-state index contributed by atoms with van der Waals surface area (Å²) in [6.07, 6.45) is 3.62. The van der Waals surface area contributed by atoms with Gasteiger partial charge in [0.2, 0.25) is 0 Å². The normalized spacial score (nSPS) is 13.6. The molecule has 3 heteroatoms. The van der Waals surface area contributed by atoms with Gasteiger partial charge in [-0.3, -0.25) is 0 Å². The lowest BCUT2D eigenvalue weighted by atomic mass is 10.4. The summed E-state index contributed by atoms with van der Waals surface area (Å²) in [6, 6.07) is 0. The molecule has 0 aliphatic heterocycles. The van der Waals surface area contributed by atoms with E-state index in [9.17, 15) is 0 Å². The molecule has 0 aliphatic rings. The highest BCUT2D eigenvalue weighted by atomic mass is 79.9. The van der Waals surface area contributed by atoms with Crippen molar-refractivity contribution in [1.82, 2.24) is 0 Å². The van der Waals surface area contributed by atoms with Gasteiger partial charge in [-0.25, -0.2) is 0 Å². The molecule has 0 rings (SSSR count). The van der Waals surface area contributed by atoms with Crippen LogP contribution >= 0.6 is 43.5 Å².